The molecule has 4 aromatic rings. The van der Waals surface area contributed by atoms with Gasteiger partial charge in [0, 0.05) is 24.5 Å². The van der Waals surface area contributed by atoms with E-state index in [-0.39, 0.29) is 23.8 Å². The second-order valence-corrected chi connectivity index (χ2v) is 12.9. The van der Waals surface area contributed by atoms with E-state index in [1.165, 1.54) is 9.21 Å². The number of halogens is 1. The van der Waals surface area contributed by atoms with Crippen molar-refractivity contribution >= 4 is 39.1 Å². The van der Waals surface area contributed by atoms with Crippen molar-refractivity contribution in [3.63, 3.8) is 0 Å². The smallest absolute Gasteiger partial charge is 0.264 e. The van der Waals surface area contributed by atoms with Crippen molar-refractivity contribution < 1.29 is 18.0 Å². The second kappa shape index (κ2) is 15.0. The number of anilines is 1. The monoisotopic (exact) mass is 631 g/mol. The quantitative estimate of drug-likeness (QED) is 0.191. The van der Waals surface area contributed by atoms with Gasteiger partial charge in [-0.1, -0.05) is 96.9 Å². The van der Waals surface area contributed by atoms with E-state index in [9.17, 15) is 18.0 Å². The Balaban J connectivity index is 1.82. The molecule has 0 radical (unpaired) electrons. The summed E-state index contributed by atoms with van der Waals surface area (Å²) in [6.45, 7) is 5.57. The summed E-state index contributed by atoms with van der Waals surface area (Å²) in [5.74, 6) is -0.840. The number of benzene rings is 4. The van der Waals surface area contributed by atoms with Crippen LogP contribution in [0.15, 0.2) is 108 Å². The van der Waals surface area contributed by atoms with Crippen LogP contribution in [-0.2, 0) is 39.0 Å². The highest BCUT2D eigenvalue weighted by Crippen LogP contribution is 2.29. The van der Waals surface area contributed by atoms with E-state index >= 15 is 0 Å². The van der Waals surface area contributed by atoms with E-state index in [0.29, 0.717) is 23.7 Å². The molecule has 0 heterocycles. The summed E-state index contributed by atoms with van der Waals surface area (Å²) in [5.41, 5.74) is 3.70. The molecule has 44 heavy (non-hydrogen) atoms. The summed E-state index contributed by atoms with van der Waals surface area (Å²) in [6, 6.07) is 29.4. The normalized spacial score (nSPS) is 11.9. The van der Waals surface area contributed by atoms with Gasteiger partial charge in [0.05, 0.1) is 10.6 Å². The third-order valence-electron chi connectivity index (χ3n) is 7.39. The Morgan fingerprint density at radius 1 is 0.841 bits per heavy atom. The Bertz CT molecular complexity index is 1680. The molecule has 7 nitrogen and oxygen atoms in total. The van der Waals surface area contributed by atoms with E-state index < -0.39 is 28.5 Å². The molecule has 0 aliphatic heterocycles. The molecule has 0 saturated carbocycles. The molecular formula is C35H38ClN3O4S. The van der Waals surface area contributed by atoms with E-state index in [1.54, 1.807) is 54.6 Å². The van der Waals surface area contributed by atoms with Gasteiger partial charge < -0.3 is 10.2 Å². The molecule has 0 unspecified atom stereocenters. The van der Waals surface area contributed by atoms with Crippen molar-refractivity contribution in [1.82, 2.24) is 10.2 Å². The third kappa shape index (κ3) is 8.07. The lowest BCUT2D eigenvalue weighted by molar-refractivity contribution is -0.140. The molecule has 9 heteroatoms. The Kier molecular flexibility index (Phi) is 11.2. The number of aryl methyl sites for hydroxylation is 2. The fourth-order valence-electron chi connectivity index (χ4n) is 5.08. The van der Waals surface area contributed by atoms with Crippen LogP contribution in [0.1, 0.15) is 36.1 Å². The zero-order valence-corrected chi connectivity index (χ0v) is 26.8. The van der Waals surface area contributed by atoms with E-state index in [4.69, 9.17) is 11.6 Å². The Morgan fingerprint density at radius 3 is 2.16 bits per heavy atom. The minimum Gasteiger partial charge on any atom is -0.355 e. The number of carbonyl (C=O) groups excluding carboxylic acids is 2. The molecule has 2 amide bonds. The van der Waals surface area contributed by atoms with Gasteiger partial charge in [-0.25, -0.2) is 8.42 Å². The summed E-state index contributed by atoms with van der Waals surface area (Å²) < 4.78 is 29.6. The molecule has 1 atom stereocenters. The van der Waals surface area contributed by atoms with Crippen molar-refractivity contribution in [3.8, 4) is 0 Å². The zero-order chi connectivity index (χ0) is 31.7. The largest absolute Gasteiger partial charge is 0.355 e. The van der Waals surface area contributed by atoms with Gasteiger partial charge in [-0.2, -0.15) is 0 Å². The van der Waals surface area contributed by atoms with Gasteiger partial charge in [0.2, 0.25) is 11.8 Å². The number of hydrogen-bond donors (Lipinski definition) is 1. The second-order valence-electron chi connectivity index (χ2n) is 10.6. The number of nitrogens with zero attached hydrogens (tertiary/aromatic N) is 2. The molecule has 4 aromatic carbocycles. The SMILES string of the molecule is CCNC(=O)[C@H](Cc1ccccc1)N(Cc1cccc(Cl)c1)C(=O)CN(c1ccccc1CC)S(=O)(=O)c1ccc(C)cc1. The van der Waals surface area contributed by atoms with Crippen molar-refractivity contribution in [3.05, 3.63) is 130 Å². The predicted molar refractivity (Wildman–Crippen MR) is 176 cm³/mol. The first-order valence-corrected chi connectivity index (χ1v) is 16.5. The lowest BCUT2D eigenvalue weighted by Crippen LogP contribution is -2.53. The van der Waals surface area contributed by atoms with Gasteiger partial charge in [-0.05, 0) is 67.3 Å². The lowest BCUT2D eigenvalue weighted by Gasteiger charge is -2.34. The lowest BCUT2D eigenvalue weighted by atomic mass is 10.0. The summed E-state index contributed by atoms with van der Waals surface area (Å²) >= 11 is 6.30. The van der Waals surface area contributed by atoms with Crippen LogP contribution in [0.3, 0.4) is 0 Å². The Labute approximate surface area is 265 Å². The third-order valence-corrected chi connectivity index (χ3v) is 9.40. The summed E-state index contributed by atoms with van der Waals surface area (Å²) in [4.78, 5) is 29.6. The number of sulfonamides is 1. The molecule has 0 aromatic heterocycles. The van der Waals surface area contributed by atoms with Crippen molar-refractivity contribution in [2.75, 3.05) is 17.4 Å². The number of likely N-dealkylation sites (N-methyl/N-ethyl adjacent to an activating group) is 1. The molecule has 0 fully saturated rings. The average Bonchev–Trinajstić information content (AvgIpc) is 3.02. The van der Waals surface area contributed by atoms with Crippen molar-refractivity contribution in [2.45, 2.75) is 51.1 Å². The standard InChI is InChI=1S/C35H38ClN3O4S/c1-4-29-15-9-10-17-32(29)39(44(42,43)31-20-18-26(3)19-21-31)25-34(40)38(24-28-14-11-16-30(36)22-28)33(35(41)37-5-2)23-27-12-7-6-8-13-27/h6-22,33H,4-5,23-25H2,1-3H3,(H,37,41)/t33-/m0/s1. The number of nitrogens with one attached hydrogen (secondary N) is 1. The van der Waals surface area contributed by atoms with E-state index in [2.05, 4.69) is 5.32 Å². The maximum atomic E-state index is 14.5. The fourth-order valence-corrected chi connectivity index (χ4v) is 6.75. The summed E-state index contributed by atoms with van der Waals surface area (Å²) in [6.07, 6.45) is 0.807. The predicted octanol–water partition coefficient (Wildman–Crippen LogP) is 6.18. The van der Waals surface area contributed by atoms with Crippen molar-refractivity contribution in [2.24, 2.45) is 0 Å². The Morgan fingerprint density at radius 2 is 1.50 bits per heavy atom. The van der Waals surface area contributed by atoms with Gasteiger partial charge in [0.1, 0.15) is 12.6 Å². The van der Waals surface area contributed by atoms with Gasteiger partial charge in [-0.15, -0.1) is 0 Å². The fraction of sp³-hybridized carbons (Fsp3) is 0.257. The average molecular weight is 632 g/mol. The molecular weight excluding hydrogens is 594 g/mol. The first kappa shape index (κ1) is 32.8. The molecule has 0 aliphatic rings. The number of hydrogen-bond acceptors (Lipinski definition) is 4. The molecule has 0 spiro atoms. The Hall–Kier alpha value is -4.14. The van der Waals surface area contributed by atoms with E-state index in [1.807, 2.05) is 69.3 Å². The molecule has 0 saturated heterocycles. The van der Waals surface area contributed by atoms with Crippen LogP contribution < -0.4 is 9.62 Å². The maximum Gasteiger partial charge on any atom is 0.264 e. The van der Waals surface area contributed by atoms with E-state index in [0.717, 1.165) is 22.3 Å². The van der Waals surface area contributed by atoms with Gasteiger partial charge in [0.15, 0.2) is 0 Å². The van der Waals surface area contributed by atoms with Gasteiger partial charge in [0.25, 0.3) is 10.0 Å². The molecule has 230 valence electrons. The molecule has 4 rings (SSSR count). The highest BCUT2D eigenvalue weighted by molar-refractivity contribution is 7.92. The zero-order valence-electron chi connectivity index (χ0n) is 25.2. The minimum atomic E-state index is -4.16. The topological polar surface area (TPSA) is 86.8 Å². The minimum absolute atomic E-state index is 0.0574. The molecule has 0 bridgehead atoms. The maximum absolute atomic E-state index is 14.5. The van der Waals surface area contributed by atoms with Crippen molar-refractivity contribution in [1.29, 1.82) is 0 Å². The van der Waals surface area contributed by atoms with Crippen LogP contribution >= 0.6 is 11.6 Å². The van der Waals surface area contributed by atoms with Crippen LogP contribution in [0, 0.1) is 6.92 Å². The first-order valence-electron chi connectivity index (χ1n) is 14.7. The van der Waals surface area contributed by atoms with Crippen LogP contribution in [0.25, 0.3) is 0 Å². The van der Waals surface area contributed by atoms with Crippen LogP contribution in [0.4, 0.5) is 5.69 Å². The summed E-state index contributed by atoms with van der Waals surface area (Å²) in [7, 11) is -4.16. The van der Waals surface area contributed by atoms with Gasteiger partial charge in [-0.3, -0.25) is 13.9 Å². The number of rotatable bonds is 13. The van der Waals surface area contributed by atoms with Crippen LogP contribution in [0.5, 0.6) is 0 Å². The highest BCUT2D eigenvalue weighted by Gasteiger charge is 2.35. The highest BCUT2D eigenvalue weighted by atomic mass is 35.5. The molecule has 1 N–H and O–H groups in total. The number of amides is 2. The van der Waals surface area contributed by atoms with Crippen LogP contribution in [0.2, 0.25) is 5.02 Å². The number of para-hydroxylation sites is 1. The number of carbonyl (C=O) groups is 2. The first-order chi connectivity index (χ1) is 21.1. The molecule has 0 aliphatic carbocycles. The van der Waals surface area contributed by atoms with Gasteiger partial charge >= 0.3 is 0 Å². The van der Waals surface area contributed by atoms with Crippen LogP contribution in [-0.4, -0.2) is 44.3 Å². The summed E-state index contributed by atoms with van der Waals surface area (Å²) in [5, 5.41) is 3.37.